The Morgan fingerprint density at radius 3 is 2.52 bits per heavy atom. The Labute approximate surface area is 164 Å². The molecule has 2 N–H and O–H groups in total. The van der Waals surface area contributed by atoms with E-state index >= 15 is 0 Å². The fourth-order valence-corrected chi connectivity index (χ4v) is 2.79. The first-order chi connectivity index (χ1) is 12.5. The SMILES string of the molecule is COc1cc(C)ccc1Oc1ccc(F)cc1NC(=O)C(C)C1CNC1.Cl. The lowest BCUT2D eigenvalue weighted by molar-refractivity contribution is -0.121. The Morgan fingerprint density at radius 2 is 1.89 bits per heavy atom. The van der Waals surface area contributed by atoms with Gasteiger partial charge in [-0.05, 0) is 55.8 Å². The molecule has 0 bridgehead atoms. The van der Waals surface area contributed by atoms with Crippen LogP contribution in [0.1, 0.15) is 12.5 Å². The van der Waals surface area contributed by atoms with Crippen molar-refractivity contribution in [1.29, 1.82) is 0 Å². The summed E-state index contributed by atoms with van der Waals surface area (Å²) in [6, 6.07) is 9.59. The number of carbonyl (C=O) groups is 1. The fourth-order valence-electron chi connectivity index (χ4n) is 2.79. The van der Waals surface area contributed by atoms with Gasteiger partial charge in [0.05, 0.1) is 12.8 Å². The smallest absolute Gasteiger partial charge is 0.227 e. The molecule has 2 aromatic carbocycles. The van der Waals surface area contributed by atoms with Crippen molar-refractivity contribution >= 4 is 24.0 Å². The van der Waals surface area contributed by atoms with Gasteiger partial charge in [0.2, 0.25) is 5.91 Å². The summed E-state index contributed by atoms with van der Waals surface area (Å²) in [5.41, 5.74) is 1.33. The molecule has 27 heavy (non-hydrogen) atoms. The van der Waals surface area contributed by atoms with Crippen molar-refractivity contribution in [2.24, 2.45) is 11.8 Å². The lowest BCUT2D eigenvalue weighted by atomic mass is 9.88. The van der Waals surface area contributed by atoms with E-state index in [-0.39, 0.29) is 24.2 Å². The minimum Gasteiger partial charge on any atom is -0.493 e. The number of benzene rings is 2. The van der Waals surface area contributed by atoms with Gasteiger partial charge in [0.15, 0.2) is 17.2 Å². The highest BCUT2D eigenvalue weighted by molar-refractivity contribution is 5.94. The molecule has 1 aliphatic heterocycles. The van der Waals surface area contributed by atoms with Crippen LogP contribution < -0.4 is 20.1 Å². The number of amides is 1. The van der Waals surface area contributed by atoms with E-state index in [1.165, 1.54) is 18.2 Å². The average Bonchev–Trinajstić information content (AvgIpc) is 2.56. The van der Waals surface area contributed by atoms with Crippen molar-refractivity contribution in [3.8, 4) is 17.2 Å². The van der Waals surface area contributed by atoms with Crippen molar-refractivity contribution in [2.75, 3.05) is 25.5 Å². The second-order valence-electron chi connectivity index (χ2n) is 6.59. The maximum Gasteiger partial charge on any atom is 0.227 e. The number of nitrogens with one attached hydrogen (secondary N) is 2. The number of ether oxygens (including phenoxy) is 2. The van der Waals surface area contributed by atoms with Gasteiger partial charge in [0.1, 0.15) is 5.82 Å². The monoisotopic (exact) mass is 394 g/mol. The van der Waals surface area contributed by atoms with Gasteiger partial charge in [0, 0.05) is 12.0 Å². The summed E-state index contributed by atoms with van der Waals surface area (Å²) < 4.78 is 25.0. The lowest BCUT2D eigenvalue weighted by Gasteiger charge is -2.31. The van der Waals surface area contributed by atoms with Gasteiger partial charge in [-0.3, -0.25) is 4.79 Å². The number of aryl methyl sites for hydroxylation is 1. The zero-order valence-electron chi connectivity index (χ0n) is 15.5. The van der Waals surface area contributed by atoms with Gasteiger partial charge < -0.3 is 20.1 Å². The van der Waals surface area contributed by atoms with E-state index in [2.05, 4.69) is 10.6 Å². The number of hydrogen-bond acceptors (Lipinski definition) is 4. The van der Waals surface area contributed by atoms with E-state index in [0.717, 1.165) is 18.7 Å². The number of carbonyl (C=O) groups excluding carboxylic acids is 1. The quantitative estimate of drug-likeness (QED) is 0.772. The summed E-state index contributed by atoms with van der Waals surface area (Å²) in [6.07, 6.45) is 0. The molecule has 1 heterocycles. The Hall–Kier alpha value is -2.31. The number of methoxy groups -OCH3 is 1. The maximum atomic E-state index is 13.7. The molecule has 7 heteroatoms. The molecule has 0 aliphatic carbocycles. The van der Waals surface area contributed by atoms with Crippen LogP contribution in [0.15, 0.2) is 36.4 Å². The van der Waals surface area contributed by atoms with Crippen LogP contribution >= 0.6 is 12.4 Å². The van der Waals surface area contributed by atoms with E-state index in [9.17, 15) is 9.18 Å². The van der Waals surface area contributed by atoms with Gasteiger partial charge in [-0.1, -0.05) is 13.0 Å². The largest absolute Gasteiger partial charge is 0.493 e. The molecule has 1 saturated heterocycles. The minimum atomic E-state index is -0.443. The van der Waals surface area contributed by atoms with E-state index < -0.39 is 5.82 Å². The fraction of sp³-hybridized carbons (Fsp3) is 0.350. The van der Waals surface area contributed by atoms with Crippen molar-refractivity contribution in [3.05, 3.63) is 47.8 Å². The van der Waals surface area contributed by atoms with Crippen LogP contribution in [0, 0.1) is 24.6 Å². The molecule has 5 nitrogen and oxygen atoms in total. The van der Waals surface area contributed by atoms with Crippen LogP contribution in [0.5, 0.6) is 17.2 Å². The maximum absolute atomic E-state index is 13.7. The number of hydrogen-bond donors (Lipinski definition) is 2. The molecular weight excluding hydrogens is 371 g/mol. The van der Waals surface area contributed by atoms with Crippen molar-refractivity contribution in [3.63, 3.8) is 0 Å². The Morgan fingerprint density at radius 1 is 1.19 bits per heavy atom. The topological polar surface area (TPSA) is 59.6 Å². The molecule has 1 amide bonds. The van der Waals surface area contributed by atoms with Crippen LogP contribution in [0.25, 0.3) is 0 Å². The Bertz CT molecular complexity index is 812. The van der Waals surface area contributed by atoms with Gasteiger partial charge in [-0.25, -0.2) is 4.39 Å². The molecule has 0 spiro atoms. The molecule has 0 saturated carbocycles. The highest BCUT2D eigenvalue weighted by Gasteiger charge is 2.29. The third kappa shape index (κ3) is 4.90. The van der Waals surface area contributed by atoms with E-state index in [1.54, 1.807) is 13.2 Å². The second-order valence-corrected chi connectivity index (χ2v) is 6.59. The van der Waals surface area contributed by atoms with Crippen LogP contribution in [-0.2, 0) is 4.79 Å². The van der Waals surface area contributed by atoms with Gasteiger partial charge in [0.25, 0.3) is 0 Å². The molecule has 1 aliphatic rings. The predicted molar refractivity (Wildman–Crippen MR) is 106 cm³/mol. The van der Waals surface area contributed by atoms with Gasteiger partial charge in [-0.2, -0.15) is 0 Å². The van der Waals surface area contributed by atoms with Crippen LogP contribution in [-0.4, -0.2) is 26.1 Å². The third-order valence-corrected chi connectivity index (χ3v) is 4.67. The van der Waals surface area contributed by atoms with E-state index in [1.807, 2.05) is 26.0 Å². The number of rotatable bonds is 6. The Kier molecular flexibility index (Phi) is 7.05. The second kappa shape index (κ2) is 9.06. The molecule has 146 valence electrons. The first-order valence-corrected chi connectivity index (χ1v) is 8.61. The standard InChI is InChI=1S/C20H23FN2O3.ClH/c1-12-4-6-18(19(8-12)25-3)26-17-7-5-15(21)9-16(17)23-20(24)13(2)14-10-22-11-14;/h4-9,13-14,22H,10-11H2,1-3H3,(H,23,24);1H. The summed E-state index contributed by atoms with van der Waals surface area (Å²) in [4.78, 5) is 12.5. The zero-order chi connectivity index (χ0) is 18.7. The molecule has 0 radical (unpaired) electrons. The highest BCUT2D eigenvalue weighted by Crippen LogP contribution is 2.36. The normalized spacial score (nSPS) is 14.5. The summed E-state index contributed by atoms with van der Waals surface area (Å²) in [6.45, 7) is 5.47. The Balaban J connectivity index is 0.00000261. The molecule has 1 fully saturated rings. The summed E-state index contributed by atoms with van der Waals surface area (Å²) in [5, 5.41) is 5.95. The number of anilines is 1. The molecule has 2 aromatic rings. The first kappa shape index (κ1) is 21.0. The summed E-state index contributed by atoms with van der Waals surface area (Å²) >= 11 is 0. The van der Waals surface area contributed by atoms with Crippen molar-refractivity contribution in [1.82, 2.24) is 5.32 Å². The molecule has 3 rings (SSSR count). The minimum absolute atomic E-state index is 0. The van der Waals surface area contributed by atoms with Gasteiger partial charge >= 0.3 is 0 Å². The first-order valence-electron chi connectivity index (χ1n) is 8.61. The van der Waals surface area contributed by atoms with Crippen LogP contribution in [0.3, 0.4) is 0 Å². The molecule has 0 aromatic heterocycles. The van der Waals surface area contributed by atoms with E-state index in [0.29, 0.717) is 28.9 Å². The van der Waals surface area contributed by atoms with Crippen molar-refractivity contribution < 1.29 is 18.7 Å². The van der Waals surface area contributed by atoms with Gasteiger partial charge in [-0.15, -0.1) is 12.4 Å². The summed E-state index contributed by atoms with van der Waals surface area (Å²) in [7, 11) is 1.56. The predicted octanol–water partition coefficient (Wildman–Crippen LogP) is 4.15. The molecular formula is C20H24ClFN2O3. The van der Waals surface area contributed by atoms with E-state index in [4.69, 9.17) is 9.47 Å². The van der Waals surface area contributed by atoms with Crippen LogP contribution in [0.4, 0.5) is 10.1 Å². The lowest BCUT2D eigenvalue weighted by Crippen LogP contribution is -2.48. The van der Waals surface area contributed by atoms with Crippen molar-refractivity contribution in [2.45, 2.75) is 13.8 Å². The third-order valence-electron chi connectivity index (χ3n) is 4.67. The average molecular weight is 395 g/mol. The summed E-state index contributed by atoms with van der Waals surface area (Å²) in [5.74, 6) is 0.966. The molecule has 1 atom stereocenters. The zero-order valence-corrected chi connectivity index (χ0v) is 16.4. The highest BCUT2D eigenvalue weighted by atomic mass is 35.5. The number of halogens is 2. The van der Waals surface area contributed by atoms with Crippen LogP contribution in [0.2, 0.25) is 0 Å². The molecule has 1 unspecified atom stereocenters.